The molecule has 3 aliphatic heterocycles. The van der Waals surface area contributed by atoms with Crippen molar-refractivity contribution in [3.8, 4) is 0 Å². The molecule has 3 aromatic heterocycles. The number of rotatable bonds is 3. The van der Waals surface area contributed by atoms with Crippen LogP contribution in [0.4, 0.5) is 20.4 Å². The summed E-state index contributed by atoms with van der Waals surface area (Å²) in [6, 6.07) is 1.21. The number of alkyl halides is 2. The zero-order valence-electron chi connectivity index (χ0n) is 21.3. The van der Waals surface area contributed by atoms with E-state index in [4.69, 9.17) is 50.8 Å². The van der Waals surface area contributed by atoms with Crippen molar-refractivity contribution in [3.05, 3.63) is 35.4 Å². The summed E-state index contributed by atoms with van der Waals surface area (Å²) in [6.07, 6.45) is -11.1. The van der Waals surface area contributed by atoms with Crippen LogP contribution in [0.3, 0.4) is 0 Å². The molecule has 3 aliphatic rings. The fourth-order valence-electron chi connectivity index (χ4n) is 4.75. The molecule has 0 radical (unpaired) electrons. The van der Waals surface area contributed by atoms with Crippen LogP contribution in [0.2, 0.25) is 0 Å². The molecule has 0 aromatic carbocycles. The lowest BCUT2D eigenvalue weighted by atomic mass is 10.1. The van der Waals surface area contributed by atoms with Crippen LogP contribution in [0.1, 0.15) is 12.5 Å². The fourth-order valence-corrected chi connectivity index (χ4v) is 7.15. The Hall–Kier alpha value is -2.59. The number of ether oxygens (including phenoxy) is 2. The maximum Gasteiger partial charge on any atom is 0.502 e. The highest BCUT2D eigenvalue weighted by Crippen LogP contribution is 2.56. The van der Waals surface area contributed by atoms with Crippen LogP contribution < -0.4 is 17.2 Å². The summed E-state index contributed by atoms with van der Waals surface area (Å²) < 4.78 is 83.2. The van der Waals surface area contributed by atoms with Gasteiger partial charge in [-0.2, -0.15) is 4.98 Å². The van der Waals surface area contributed by atoms with Gasteiger partial charge in [0.1, 0.15) is 42.1 Å². The number of phosphoric ester groups is 1. The number of aromatic nitrogens is 6. The largest absolute Gasteiger partial charge is 0.502 e. The molecule has 3 aromatic rings. The molecular weight excluding hydrogens is 648 g/mol. The van der Waals surface area contributed by atoms with E-state index in [-0.39, 0.29) is 22.8 Å². The second kappa shape index (κ2) is 11.4. The van der Waals surface area contributed by atoms with E-state index in [2.05, 4.69) is 24.6 Å². The quantitative estimate of drug-likeness (QED) is 0.167. The van der Waals surface area contributed by atoms with Crippen LogP contribution in [0.15, 0.2) is 29.7 Å². The molecule has 0 aliphatic carbocycles. The Labute approximate surface area is 243 Å². The number of phosphoric acid groups is 1. The Morgan fingerprint density at radius 2 is 1.67 bits per heavy atom. The Morgan fingerprint density at radius 3 is 2.35 bits per heavy atom. The van der Waals surface area contributed by atoms with Crippen molar-refractivity contribution in [3.63, 3.8) is 0 Å². The monoisotopic (exact) mass is 670 g/mol. The summed E-state index contributed by atoms with van der Waals surface area (Å²) in [5.41, 5.74) is 10.6. The standard InChI is InChI=1S/C19H22F2N8O11P2S/c20-10-8-4-35-42(33,43)39-14-11(21)7(36-17(14)28-2-1-9(22)27-19(28)30)3-34-41(32,40-31)38-13(10)18(37-8)29-6-26-12-15(23)24-5-25-16(12)29/h1-2,5-8,10-11,13-14,17-18,31H,3-4H2,(H,33,43)(H2,22,27,30)(H2,23,24,25)/t7-,8-,10-,11-,13-,14-,17-,18-,41?,42?/m1/s1. The van der Waals surface area contributed by atoms with E-state index in [1.807, 2.05) is 0 Å². The van der Waals surface area contributed by atoms with Gasteiger partial charge in [0, 0.05) is 6.20 Å². The first kappa shape index (κ1) is 30.4. The van der Waals surface area contributed by atoms with Gasteiger partial charge in [0.25, 0.3) is 0 Å². The van der Waals surface area contributed by atoms with Gasteiger partial charge in [-0.25, -0.2) is 38.3 Å². The Morgan fingerprint density at radius 1 is 1.02 bits per heavy atom. The van der Waals surface area contributed by atoms with E-state index in [1.54, 1.807) is 0 Å². The molecule has 4 bridgehead atoms. The van der Waals surface area contributed by atoms with Gasteiger partial charge in [0.15, 0.2) is 36.3 Å². The Kier molecular flexibility index (Phi) is 8.07. The summed E-state index contributed by atoms with van der Waals surface area (Å²) in [5, 5.41) is 9.47. The third kappa shape index (κ3) is 5.70. The molecule has 10 atom stereocenters. The van der Waals surface area contributed by atoms with Crippen LogP contribution >= 0.6 is 14.5 Å². The van der Waals surface area contributed by atoms with Crippen LogP contribution in [-0.4, -0.2) is 89.2 Å². The smallest absolute Gasteiger partial charge is 0.383 e. The van der Waals surface area contributed by atoms with Crippen LogP contribution in [0.5, 0.6) is 0 Å². The number of hydrogen-bond donors (Lipinski definition) is 4. The van der Waals surface area contributed by atoms with Crippen LogP contribution in [0.25, 0.3) is 11.2 Å². The number of nitrogen functional groups attached to an aromatic ring is 2. The number of fused-ring (bicyclic) bond motifs is 5. The van der Waals surface area contributed by atoms with Gasteiger partial charge in [-0.15, -0.1) is 4.67 Å². The predicted octanol–water partition coefficient (Wildman–Crippen LogP) is 0.350. The van der Waals surface area contributed by atoms with Gasteiger partial charge in [0.2, 0.25) is 0 Å². The first-order valence-electron chi connectivity index (χ1n) is 12.2. The van der Waals surface area contributed by atoms with E-state index in [1.165, 1.54) is 17.0 Å². The van der Waals surface area contributed by atoms with Crippen LogP contribution in [-0.2, 0) is 48.6 Å². The van der Waals surface area contributed by atoms with Gasteiger partial charge >= 0.3 is 20.2 Å². The lowest BCUT2D eigenvalue weighted by molar-refractivity contribution is -0.177. The highest BCUT2D eigenvalue weighted by molar-refractivity contribution is 8.07. The summed E-state index contributed by atoms with van der Waals surface area (Å²) in [4.78, 5) is 38.8. The topological polar surface area (TPSA) is 253 Å². The fraction of sp³-hybridized carbons (Fsp3) is 0.526. The average Bonchev–Trinajstić information content (AvgIpc) is 3.61. The number of hydrogen-bond acceptors (Lipinski definition) is 17. The summed E-state index contributed by atoms with van der Waals surface area (Å²) in [7, 11) is -5.10. The normalized spacial score (nSPS) is 38.7. The summed E-state index contributed by atoms with van der Waals surface area (Å²) >= 11 is 5.04. The Balaban J connectivity index is 1.35. The maximum atomic E-state index is 15.8. The van der Waals surface area contributed by atoms with Crippen molar-refractivity contribution < 1.29 is 55.7 Å². The molecule has 3 fully saturated rings. The highest BCUT2D eigenvalue weighted by atomic mass is 32.5. The van der Waals surface area contributed by atoms with Gasteiger partial charge in [-0.3, -0.25) is 22.7 Å². The molecule has 6 rings (SSSR count). The molecule has 3 saturated heterocycles. The SMILES string of the molecule is Nc1ccn([C@@H]2O[C@@H]3COP(=O)(OO)O[C@@H]4[C@H](F)[C@@H](COP(O)(=S)O[C@@H]2[C@@H]3F)O[C@H]4n2cnc3c(N)ncnc32)c(=O)n1. The van der Waals surface area contributed by atoms with E-state index in [9.17, 15) is 19.5 Å². The zero-order valence-corrected chi connectivity index (χ0v) is 23.9. The summed E-state index contributed by atoms with van der Waals surface area (Å²) in [5.74, 6) is -0.152. The lowest BCUT2D eigenvalue weighted by Crippen LogP contribution is -2.36. The first-order chi connectivity index (χ1) is 20.4. The number of nitrogens with zero attached hydrogens (tertiary/aromatic N) is 6. The predicted molar refractivity (Wildman–Crippen MR) is 140 cm³/mol. The molecule has 0 amide bonds. The Bertz CT molecular complexity index is 1690. The highest BCUT2D eigenvalue weighted by Gasteiger charge is 2.55. The minimum atomic E-state index is -5.10. The molecule has 0 spiro atoms. The second-order valence-electron chi connectivity index (χ2n) is 9.37. The molecule has 19 nitrogen and oxygen atoms in total. The van der Waals surface area contributed by atoms with Gasteiger partial charge in [-0.1, -0.05) is 0 Å². The van der Waals surface area contributed by atoms with E-state index < -0.39 is 82.7 Å². The second-order valence-corrected chi connectivity index (χ2v) is 13.7. The van der Waals surface area contributed by atoms with Crippen molar-refractivity contribution in [1.29, 1.82) is 0 Å². The van der Waals surface area contributed by atoms with Crippen molar-refractivity contribution in [1.82, 2.24) is 29.1 Å². The average molecular weight is 670 g/mol. The minimum absolute atomic E-state index is 0.00810. The molecule has 2 unspecified atom stereocenters. The van der Waals surface area contributed by atoms with Gasteiger partial charge < -0.3 is 30.4 Å². The van der Waals surface area contributed by atoms with Crippen LogP contribution in [0, 0.1) is 0 Å². The molecule has 0 saturated carbocycles. The zero-order chi connectivity index (χ0) is 30.7. The van der Waals surface area contributed by atoms with E-state index in [0.717, 1.165) is 17.1 Å². The molecule has 6 N–H and O–H groups in total. The third-order valence-electron chi connectivity index (χ3n) is 6.72. The van der Waals surface area contributed by atoms with E-state index in [0.29, 0.717) is 0 Å². The maximum absolute atomic E-state index is 15.8. The number of imidazole rings is 1. The van der Waals surface area contributed by atoms with Crippen molar-refractivity contribution in [2.75, 3.05) is 24.7 Å². The molecule has 43 heavy (non-hydrogen) atoms. The number of halogens is 2. The number of anilines is 2. The third-order valence-corrected chi connectivity index (χ3v) is 9.45. The minimum Gasteiger partial charge on any atom is -0.383 e. The van der Waals surface area contributed by atoms with Crippen molar-refractivity contribution >= 4 is 49.1 Å². The van der Waals surface area contributed by atoms with E-state index >= 15 is 8.78 Å². The first-order valence-corrected chi connectivity index (χ1v) is 16.2. The lowest BCUT2D eigenvalue weighted by Gasteiger charge is -2.26. The molecule has 234 valence electrons. The molecular formula is C19H22F2N8O11P2S. The van der Waals surface area contributed by atoms with Crippen molar-refractivity contribution in [2.45, 2.75) is 49.2 Å². The number of nitrogens with two attached hydrogens (primary N) is 2. The summed E-state index contributed by atoms with van der Waals surface area (Å²) in [6.45, 7) is -6.15. The molecule has 24 heteroatoms. The van der Waals surface area contributed by atoms with Crippen molar-refractivity contribution in [2.24, 2.45) is 0 Å². The molecule has 6 heterocycles. The van der Waals surface area contributed by atoms with Gasteiger partial charge in [-0.05, 0) is 17.9 Å². The van der Waals surface area contributed by atoms with Gasteiger partial charge in [0.05, 0.1) is 19.5 Å².